The molecule has 2 fully saturated rings. The van der Waals surface area contributed by atoms with Gasteiger partial charge in [-0.25, -0.2) is 14.4 Å². The van der Waals surface area contributed by atoms with Crippen molar-refractivity contribution in [3.8, 4) is 5.88 Å². The number of halogens is 1. The number of imidazole rings is 1. The number of amides is 1. The SMILES string of the molecule is CCOc1nc(N2CC(C)OC3(CCNC3)C2)ncc1C(=O)Nc1cc(F)c2nc(C)cn2c1. The van der Waals surface area contributed by atoms with Gasteiger partial charge in [0.15, 0.2) is 11.5 Å². The van der Waals surface area contributed by atoms with Crippen LogP contribution >= 0.6 is 0 Å². The molecule has 2 unspecified atom stereocenters. The first-order valence-corrected chi connectivity index (χ1v) is 11.5. The molecule has 5 rings (SSSR count). The number of hydrogen-bond donors (Lipinski definition) is 2. The van der Waals surface area contributed by atoms with Gasteiger partial charge < -0.3 is 29.4 Å². The summed E-state index contributed by atoms with van der Waals surface area (Å²) in [5.74, 6) is -0.345. The molecule has 0 bridgehead atoms. The maximum Gasteiger partial charge on any atom is 0.262 e. The molecular weight excluding hydrogens is 441 g/mol. The van der Waals surface area contributed by atoms with Crippen molar-refractivity contribution in [2.24, 2.45) is 0 Å². The first-order chi connectivity index (χ1) is 16.4. The largest absolute Gasteiger partial charge is 0.477 e. The number of carbonyl (C=O) groups excluding carboxylic acids is 1. The Bertz CT molecular complexity index is 1220. The van der Waals surface area contributed by atoms with Gasteiger partial charge >= 0.3 is 0 Å². The third kappa shape index (κ3) is 4.28. The molecule has 0 radical (unpaired) electrons. The predicted molar refractivity (Wildman–Crippen MR) is 124 cm³/mol. The monoisotopic (exact) mass is 469 g/mol. The Morgan fingerprint density at radius 1 is 1.41 bits per heavy atom. The average Bonchev–Trinajstić information content (AvgIpc) is 3.39. The highest BCUT2D eigenvalue weighted by Crippen LogP contribution is 2.30. The van der Waals surface area contributed by atoms with Crippen molar-refractivity contribution in [1.82, 2.24) is 24.7 Å². The van der Waals surface area contributed by atoms with Gasteiger partial charge in [-0.1, -0.05) is 0 Å². The molecule has 0 aliphatic carbocycles. The maximum atomic E-state index is 14.4. The molecule has 5 heterocycles. The summed E-state index contributed by atoms with van der Waals surface area (Å²) in [7, 11) is 0. The molecule has 10 nitrogen and oxygen atoms in total. The van der Waals surface area contributed by atoms with E-state index in [0.29, 0.717) is 31.3 Å². The van der Waals surface area contributed by atoms with Crippen molar-refractivity contribution in [1.29, 1.82) is 0 Å². The zero-order valence-electron chi connectivity index (χ0n) is 19.5. The minimum atomic E-state index is -0.528. The van der Waals surface area contributed by atoms with Crippen molar-refractivity contribution in [2.45, 2.75) is 38.9 Å². The highest BCUT2D eigenvalue weighted by molar-refractivity contribution is 6.05. The maximum absolute atomic E-state index is 14.4. The minimum Gasteiger partial charge on any atom is -0.477 e. The number of morpholine rings is 1. The fourth-order valence-corrected chi connectivity index (χ4v) is 4.69. The van der Waals surface area contributed by atoms with E-state index >= 15 is 0 Å². The van der Waals surface area contributed by atoms with Gasteiger partial charge in [0.2, 0.25) is 11.8 Å². The number of nitrogens with one attached hydrogen (secondary N) is 2. The number of fused-ring (bicyclic) bond motifs is 1. The van der Waals surface area contributed by atoms with E-state index in [9.17, 15) is 9.18 Å². The Morgan fingerprint density at radius 2 is 2.26 bits per heavy atom. The summed E-state index contributed by atoms with van der Waals surface area (Å²) in [5.41, 5.74) is 1.07. The lowest BCUT2D eigenvalue weighted by Gasteiger charge is -2.43. The molecule has 0 aromatic carbocycles. The highest BCUT2D eigenvalue weighted by Gasteiger charge is 2.42. The number of carbonyl (C=O) groups is 1. The van der Waals surface area contributed by atoms with E-state index in [1.807, 2.05) is 13.8 Å². The fraction of sp³-hybridized carbons (Fsp3) is 0.478. The van der Waals surface area contributed by atoms with E-state index in [0.717, 1.165) is 19.5 Å². The number of anilines is 2. The van der Waals surface area contributed by atoms with Crippen LogP contribution in [0.5, 0.6) is 5.88 Å². The normalized spacial score (nSPS) is 22.5. The van der Waals surface area contributed by atoms with Crippen LogP contribution in [-0.2, 0) is 4.74 Å². The van der Waals surface area contributed by atoms with Gasteiger partial charge in [-0.05, 0) is 33.7 Å². The number of hydrogen-bond acceptors (Lipinski definition) is 8. The first kappa shape index (κ1) is 22.5. The number of rotatable bonds is 5. The Balaban J connectivity index is 1.40. The molecule has 1 spiro atoms. The molecule has 180 valence electrons. The molecule has 11 heteroatoms. The Kier molecular flexibility index (Phi) is 5.82. The molecule has 3 aromatic rings. The van der Waals surface area contributed by atoms with E-state index < -0.39 is 11.7 Å². The van der Waals surface area contributed by atoms with Gasteiger partial charge in [-0.2, -0.15) is 4.98 Å². The Morgan fingerprint density at radius 3 is 3.03 bits per heavy atom. The third-order valence-electron chi connectivity index (χ3n) is 6.05. The number of aromatic nitrogens is 4. The van der Waals surface area contributed by atoms with E-state index in [4.69, 9.17) is 9.47 Å². The van der Waals surface area contributed by atoms with Crippen LogP contribution in [0, 0.1) is 12.7 Å². The van der Waals surface area contributed by atoms with Crippen LogP contribution in [0.25, 0.3) is 5.65 Å². The second-order valence-electron chi connectivity index (χ2n) is 8.88. The van der Waals surface area contributed by atoms with Gasteiger partial charge in [-0.3, -0.25) is 4.79 Å². The average molecular weight is 470 g/mol. The smallest absolute Gasteiger partial charge is 0.262 e. The second kappa shape index (κ2) is 8.80. The Labute approximate surface area is 196 Å². The van der Waals surface area contributed by atoms with E-state index in [2.05, 4.69) is 30.5 Å². The summed E-state index contributed by atoms with van der Waals surface area (Å²) in [6, 6.07) is 1.24. The van der Waals surface area contributed by atoms with E-state index in [1.54, 1.807) is 19.3 Å². The van der Waals surface area contributed by atoms with Gasteiger partial charge in [0, 0.05) is 37.7 Å². The van der Waals surface area contributed by atoms with Crippen molar-refractivity contribution < 1.29 is 18.7 Å². The van der Waals surface area contributed by atoms with Crippen molar-refractivity contribution in [3.63, 3.8) is 0 Å². The summed E-state index contributed by atoms with van der Waals surface area (Å²) >= 11 is 0. The standard InChI is InChI=1S/C23H28FN7O3/c1-4-33-21-17(20(32)28-16-7-18(24)19-27-14(2)9-30(19)11-16)8-26-22(29-21)31-10-15(3)34-23(13-31)5-6-25-12-23/h7-9,11,15,25H,4-6,10,12-13H2,1-3H3,(H,28,32). The van der Waals surface area contributed by atoms with Crippen molar-refractivity contribution >= 4 is 23.2 Å². The molecule has 2 atom stereocenters. The van der Waals surface area contributed by atoms with Crippen LogP contribution < -0.4 is 20.3 Å². The molecule has 34 heavy (non-hydrogen) atoms. The molecular formula is C23H28FN7O3. The zero-order chi connectivity index (χ0) is 23.9. The van der Waals surface area contributed by atoms with Crippen LogP contribution in [-0.4, -0.2) is 69.8 Å². The van der Waals surface area contributed by atoms with Crippen LogP contribution in [0.15, 0.2) is 24.7 Å². The second-order valence-corrected chi connectivity index (χ2v) is 8.88. The van der Waals surface area contributed by atoms with E-state index in [1.165, 1.54) is 16.7 Å². The summed E-state index contributed by atoms with van der Waals surface area (Å²) in [5, 5.41) is 6.08. The summed E-state index contributed by atoms with van der Waals surface area (Å²) in [6.45, 7) is 8.96. The predicted octanol–water partition coefficient (Wildman–Crippen LogP) is 2.18. The van der Waals surface area contributed by atoms with Gasteiger partial charge in [0.05, 0.1) is 36.2 Å². The highest BCUT2D eigenvalue weighted by atomic mass is 19.1. The lowest BCUT2D eigenvalue weighted by molar-refractivity contribution is -0.0860. The molecule has 1 amide bonds. The topological polar surface area (TPSA) is 106 Å². The van der Waals surface area contributed by atoms with Gasteiger partial charge in [0.25, 0.3) is 5.91 Å². The van der Waals surface area contributed by atoms with Crippen LogP contribution in [0.1, 0.15) is 36.3 Å². The fourth-order valence-electron chi connectivity index (χ4n) is 4.69. The number of nitrogens with zero attached hydrogens (tertiary/aromatic N) is 5. The molecule has 2 aliphatic rings. The Hall–Kier alpha value is -3.31. The number of aryl methyl sites for hydroxylation is 1. The molecule has 3 aromatic heterocycles. The van der Waals surface area contributed by atoms with Crippen LogP contribution in [0.3, 0.4) is 0 Å². The zero-order valence-corrected chi connectivity index (χ0v) is 19.5. The van der Waals surface area contributed by atoms with Gasteiger partial charge in [0.1, 0.15) is 5.56 Å². The molecule has 2 saturated heterocycles. The van der Waals surface area contributed by atoms with Gasteiger partial charge in [-0.15, -0.1) is 0 Å². The summed E-state index contributed by atoms with van der Waals surface area (Å²) < 4.78 is 27.9. The molecule has 2 N–H and O–H groups in total. The van der Waals surface area contributed by atoms with Crippen molar-refractivity contribution in [2.75, 3.05) is 43.0 Å². The lowest BCUT2D eigenvalue weighted by atomic mass is 9.99. The summed E-state index contributed by atoms with van der Waals surface area (Å²) in [4.78, 5) is 28.3. The summed E-state index contributed by atoms with van der Waals surface area (Å²) in [6.07, 6.45) is 5.69. The number of ether oxygens (including phenoxy) is 2. The number of pyridine rings is 1. The van der Waals surface area contributed by atoms with Crippen LogP contribution in [0.2, 0.25) is 0 Å². The first-order valence-electron chi connectivity index (χ1n) is 11.5. The van der Waals surface area contributed by atoms with Crippen LogP contribution in [0.4, 0.5) is 16.0 Å². The minimum absolute atomic E-state index is 0.0207. The molecule has 2 aliphatic heterocycles. The quantitative estimate of drug-likeness (QED) is 0.586. The lowest BCUT2D eigenvalue weighted by Crippen LogP contribution is -2.56. The van der Waals surface area contributed by atoms with E-state index in [-0.39, 0.29) is 34.5 Å². The molecule has 0 saturated carbocycles. The third-order valence-corrected chi connectivity index (χ3v) is 6.05. The van der Waals surface area contributed by atoms with Crippen molar-refractivity contribution in [3.05, 3.63) is 41.7 Å².